The standard InChI is InChI=1S/C33H37NO3.C2H6/c1-3-23-21-33(37-22-23)15-17-34(18-16-33)26-10-13-30(31(20-26)36-2)32-28(24-7-5-4-6-8-24)12-9-25-19-27(35)11-14-29(25)32;1-2/h3-8,10-11,13-14,19-20,23,28,32,35H,1,9,12,15-18,21-22H2,2H3;1-2H3/t23?,28-,32+;/m0./s1. The van der Waals surface area contributed by atoms with Crippen LogP contribution in [0.4, 0.5) is 5.69 Å². The predicted molar refractivity (Wildman–Crippen MR) is 160 cm³/mol. The van der Waals surface area contributed by atoms with Gasteiger partial charge in [-0.1, -0.05) is 62.4 Å². The third kappa shape index (κ3) is 5.45. The van der Waals surface area contributed by atoms with Crippen molar-refractivity contribution in [3.63, 3.8) is 0 Å². The number of anilines is 1. The molecule has 0 amide bonds. The molecule has 1 aliphatic carbocycles. The van der Waals surface area contributed by atoms with Crippen molar-refractivity contribution in [1.82, 2.24) is 0 Å². The number of aryl methyl sites for hydroxylation is 1. The smallest absolute Gasteiger partial charge is 0.124 e. The van der Waals surface area contributed by atoms with Crippen molar-refractivity contribution >= 4 is 5.69 Å². The zero-order valence-corrected chi connectivity index (χ0v) is 23.7. The molecule has 3 aromatic rings. The molecule has 2 heterocycles. The van der Waals surface area contributed by atoms with Gasteiger partial charge in [-0.05, 0) is 72.9 Å². The summed E-state index contributed by atoms with van der Waals surface area (Å²) in [6.45, 7) is 10.8. The first-order valence-electron chi connectivity index (χ1n) is 14.7. The van der Waals surface area contributed by atoms with Crippen LogP contribution in [0.15, 0.2) is 79.4 Å². The molecular formula is C35H43NO3. The van der Waals surface area contributed by atoms with E-state index in [1.165, 1.54) is 27.9 Å². The van der Waals surface area contributed by atoms with Crippen molar-refractivity contribution in [2.75, 3.05) is 31.7 Å². The average molecular weight is 526 g/mol. The van der Waals surface area contributed by atoms with E-state index in [4.69, 9.17) is 9.47 Å². The van der Waals surface area contributed by atoms with Gasteiger partial charge >= 0.3 is 0 Å². The van der Waals surface area contributed by atoms with Gasteiger partial charge in [-0.25, -0.2) is 0 Å². The second-order valence-corrected chi connectivity index (χ2v) is 11.0. The Kier molecular flexibility index (Phi) is 8.32. The van der Waals surface area contributed by atoms with E-state index in [1.807, 2.05) is 26.0 Å². The molecule has 0 saturated carbocycles. The van der Waals surface area contributed by atoms with Crippen LogP contribution in [0.3, 0.4) is 0 Å². The van der Waals surface area contributed by atoms with E-state index < -0.39 is 0 Å². The average Bonchev–Trinajstić information content (AvgIpc) is 3.40. The SMILES string of the molecule is C=CC1COC2(CCN(c3ccc([C@H]4c5ccc(O)cc5CC[C@H]4c4ccccc4)c(OC)c3)CC2)C1.CC. The highest BCUT2D eigenvalue weighted by Crippen LogP contribution is 2.50. The molecule has 2 aliphatic heterocycles. The number of benzene rings is 3. The largest absolute Gasteiger partial charge is 0.508 e. The second kappa shape index (κ2) is 11.9. The lowest BCUT2D eigenvalue weighted by Gasteiger charge is -2.40. The quantitative estimate of drug-likeness (QED) is 0.345. The van der Waals surface area contributed by atoms with Gasteiger partial charge in [0.15, 0.2) is 0 Å². The van der Waals surface area contributed by atoms with E-state index in [1.54, 1.807) is 7.11 Å². The molecule has 1 unspecified atom stereocenters. The number of fused-ring (bicyclic) bond motifs is 1. The van der Waals surface area contributed by atoms with Crippen molar-refractivity contribution < 1.29 is 14.6 Å². The molecule has 0 radical (unpaired) electrons. The maximum atomic E-state index is 10.2. The zero-order chi connectivity index (χ0) is 27.4. The summed E-state index contributed by atoms with van der Waals surface area (Å²) in [5.74, 6) is 2.29. The number of rotatable bonds is 5. The Balaban J connectivity index is 0.00000151. The first-order valence-corrected chi connectivity index (χ1v) is 14.7. The molecule has 3 aliphatic rings. The number of phenolic OH excluding ortho intramolecular Hbond substituents is 1. The summed E-state index contributed by atoms with van der Waals surface area (Å²) in [6.07, 6.45) is 7.26. The minimum absolute atomic E-state index is 0.0274. The number of hydrogen-bond donors (Lipinski definition) is 1. The van der Waals surface area contributed by atoms with Gasteiger partial charge in [-0.2, -0.15) is 0 Å². The number of aromatic hydroxyl groups is 1. The summed E-state index contributed by atoms with van der Waals surface area (Å²) in [7, 11) is 1.79. The highest BCUT2D eigenvalue weighted by Gasteiger charge is 2.42. The summed E-state index contributed by atoms with van der Waals surface area (Å²) in [6, 6.07) is 23.5. The Morgan fingerprint density at radius 1 is 1.00 bits per heavy atom. The van der Waals surface area contributed by atoms with Crippen LogP contribution in [-0.4, -0.2) is 37.5 Å². The Morgan fingerprint density at radius 3 is 2.44 bits per heavy atom. The van der Waals surface area contributed by atoms with Crippen LogP contribution in [0.25, 0.3) is 0 Å². The maximum absolute atomic E-state index is 10.2. The maximum Gasteiger partial charge on any atom is 0.124 e. The van der Waals surface area contributed by atoms with Crippen LogP contribution in [0.5, 0.6) is 11.5 Å². The molecule has 1 N–H and O–H groups in total. The van der Waals surface area contributed by atoms with Crippen LogP contribution in [0, 0.1) is 5.92 Å². The van der Waals surface area contributed by atoms with Gasteiger partial charge in [0.05, 0.1) is 19.3 Å². The Hall–Kier alpha value is -3.24. The van der Waals surface area contributed by atoms with Gasteiger partial charge < -0.3 is 19.5 Å². The Morgan fingerprint density at radius 2 is 1.74 bits per heavy atom. The number of hydrogen-bond acceptors (Lipinski definition) is 4. The van der Waals surface area contributed by atoms with Crippen LogP contribution in [0.2, 0.25) is 0 Å². The van der Waals surface area contributed by atoms with E-state index in [0.717, 1.165) is 57.6 Å². The molecule has 2 fully saturated rings. The fraction of sp³-hybridized carbons (Fsp3) is 0.429. The van der Waals surface area contributed by atoms with E-state index in [0.29, 0.717) is 17.6 Å². The van der Waals surface area contributed by atoms with Crippen molar-refractivity contribution in [3.05, 3.63) is 102 Å². The summed E-state index contributed by atoms with van der Waals surface area (Å²) in [4.78, 5) is 2.48. The van der Waals surface area contributed by atoms with Gasteiger partial charge in [-0.15, -0.1) is 6.58 Å². The molecule has 0 aromatic heterocycles. The molecular weight excluding hydrogens is 482 g/mol. The molecule has 4 heteroatoms. The molecule has 4 nitrogen and oxygen atoms in total. The normalized spacial score (nSPS) is 23.5. The van der Waals surface area contributed by atoms with E-state index in [-0.39, 0.29) is 11.5 Å². The highest BCUT2D eigenvalue weighted by atomic mass is 16.5. The molecule has 6 rings (SSSR count). The Bertz CT molecular complexity index is 1260. The van der Waals surface area contributed by atoms with Crippen molar-refractivity contribution in [2.24, 2.45) is 5.92 Å². The van der Waals surface area contributed by atoms with Gasteiger partial charge in [-0.3, -0.25) is 0 Å². The molecule has 2 saturated heterocycles. The third-order valence-electron chi connectivity index (χ3n) is 8.98. The minimum atomic E-state index is 0.0274. The van der Waals surface area contributed by atoms with E-state index in [2.05, 4.69) is 72.2 Å². The van der Waals surface area contributed by atoms with Crippen molar-refractivity contribution in [3.8, 4) is 11.5 Å². The summed E-state index contributed by atoms with van der Waals surface area (Å²) in [5, 5.41) is 10.2. The lowest BCUT2D eigenvalue weighted by atomic mass is 9.69. The predicted octanol–water partition coefficient (Wildman–Crippen LogP) is 7.85. The van der Waals surface area contributed by atoms with Gasteiger partial charge in [0.1, 0.15) is 11.5 Å². The van der Waals surface area contributed by atoms with Crippen LogP contribution < -0.4 is 9.64 Å². The van der Waals surface area contributed by atoms with Crippen molar-refractivity contribution in [2.45, 2.75) is 63.4 Å². The summed E-state index contributed by atoms with van der Waals surface area (Å²) < 4.78 is 12.3. The van der Waals surface area contributed by atoms with Crippen LogP contribution in [0.1, 0.15) is 73.6 Å². The highest BCUT2D eigenvalue weighted by molar-refractivity contribution is 5.58. The van der Waals surface area contributed by atoms with Crippen molar-refractivity contribution in [1.29, 1.82) is 0 Å². The second-order valence-electron chi connectivity index (χ2n) is 11.0. The molecule has 39 heavy (non-hydrogen) atoms. The lowest BCUT2D eigenvalue weighted by Crippen LogP contribution is -2.44. The third-order valence-corrected chi connectivity index (χ3v) is 8.98. The zero-order valence-electron chi connectivity index (χ0n) is 23.7. The van der Waals surface area contributed by atoms with E-state index >= 15 is 0 Å². The van der Waals surface area contributed by atoms with Gasteiger partial charge in [0, 0.05) is 42.2 Å². The fourth-order valence-corrected chi connectivity index (χ4v) is 6.96. The molecule has 1 spiro atoms. The topological polar surface area (TPSA) is 41.9 Å². The Labute approximate surface area is 234 Å². The number of piperidine rings is 1. The molecule has 3 aromatic carbocycles. The fourth-order valence-electron chi connectivity index (χ4n) is 6.96. The summed E-state index contributed by atoms with van der Waals surface area (Å²) in [5.41, 5.74) is 6.34. The monoisotopic (exact) mass is 525 g/mol. The molecule has 0 bridgehead atoms. The molecule has 3 atom stereocenters. The van der Waals surface area contributed by atoms with E-state index in [9.17, 15) is 5.11 Å². The molecule has 206 valence electrons. The van der Waals surface area contributed by atoms with Crippen LogP contribution >= 0.6 is 0 Å². The first kappa shape index (κ1) is 27.3. The van der Waals surface area contributed by atoms with Gasteiger partial charge in [0.2, 0.25) is 0 Å². The number of nitrogens with zero attached hydrogens (tertiary/aromatic N) is 1. The number of phenols is 1. The minimum Gasteiger partial charge on any atom is -0.508 e. The first-order chi connectivity index (χ1) is 19.1. The number of methoxy groups -OCH3 is 1. The van der Waals surface area contributed by atoms with Gasteiger partial charge in [0.25, 0.3) is 0 Å². The number of ether oxygens (including phenoxy) is 2. The summed E-state index contributed by atoms with van der Waals surface area (Å²) >= 11 is 0. The lowest BCUT2D eigenvalue weighted by molar-refractivity contribution is -0.0150. The van der Waals surface area contributed by atoms with Crippen LogP contribution in [-0.2, 0) is 11.2 Å².